The summed E-state index contributed by atoms with van der Waals surface area (Å²) in [6, 6.07) is 9.82. The molecule has 34 heavy (non-hydrogen) atoms. The Morgan fingerprint density at radius 1 is 1.09 bits per heavy atom. The van der Waals surface area contributed by atoms with E-state index in [0.717, 1.165) is 31.5 Å². The Labute approximate surface area is 199 Å². The first kappa shape index (κ1) is 23.9. The fourth-order valence-corrected chi connectivity index (χ4v) is 4.28. The van der Waals surface area contributed by atoms with Gasteiger partial charge in [-0.05, 0) is 48.4 Å². The molecule has 2 aliphatic rings. The molecule has 0 saturated carbocycles. The van der Waals surface area contributed by atoms with Gasteiger partial charge < -0.3 is 19.5 Å². The molecular weight excluding hydrogens is 434 g/mol. The lowest BCUT2D eigenvalue weighted by Crippen LogP contribution is -2.42. The third-order valence-corrected chi connectivity index (χ3v) is 6.22. The highest BCUT2D eigenvalue weighted by atomic mass is 16.5. The van der Waals surface area contributed by atoms with Crippen LogP contribution in [-0.2, 0) is 14.3 Å². The second-order valence-corrected chi connectivity index (χ2v) is 8.45. The summed E-state index contributed by atoms with van der Waals surface area (Å²) < 4.78 is 11.1. The molecular formula is C26H31N3O5. The first-order chi connectivity index (χ1) is 16.6. The molecule has 0 bridgehead atoms. The number of hydrogen-bond donors (Lipinski definition) is 1. The zero-order valence-electron chi connectivity index (χ0n) is 19.5. The topological polar surface area (TPSA) is 92.2 Å². The average molecular weight is 466 g/mol. The van der Waals surface area contributed by atoms with Crippen LogP contribution in [0.25, 0.3) is 5.76 Å². The maximum Gasteiger partial charge on any atom is 0.295 e. The number of likely N-dealkylation sites (tertiary alicyclic amines) is 1. The number of aromatic nitrogens is 1. The van der Waals surface area contributed by atoms with Crippen molar-refractivity contribution in [3.63, 3.8) is 0 Å². The molecule has 4 rings (SSSR count). The number of pyridine rings is 1. The normalized spacial score (nSPS) is 20.6. The van der Waals surface area contributed by atoms with Gasteiger partial charge in [0.05, 0.1) is 31.4 Å². The monoisotopic (exact) mass is 465 g/mol. The van der Waals surface area contributed by atoms with Gasteiger partial charge in [0.2, 0.25) is 0 Å². The number of unbranched alkanes of at least 4 members (excludes halogenated alkanes) is 1. The van der Waals surface area contributed by atoms with Gasteiger partial charge in [0.25, 0.3) is 11.7 Å². The number of aliphatic hydroxyl groups is 1. The van der Waals surface area contributed by atoms with Crippen LogP contribution in [0, 0.1) is 0 Å². The number of aliphatic hydroxyl groups excluding tert-OH is 1. The number of ether oxygens (including phenoxy) is 2. The highest BCUT2D eigenvalue weighted by molar-refractivity contribution is 6.46. The zero-order valence-corrected chi connectivity index (χ0v) is 19.5. The lowest BCUT2D eigenvalue weighted by molar-refractivity contribution is -0.140. The summed E-state index contributed by atoms with van der Waals surface area (Å²) in [7, 11) is 0. The van der Waals surface area contributed by atoms with Gasteiger partial charge in [-0.3, -0.25) is 19.5 Å². The molecule has 2 saturated heterocycles. The first-order valence-corrected chi connectivity index (χ1v) is 11.8. The van der Waals surface area contributed by atoms with Crippen molar-refractivity contribution in [1.29, 1.82) is 0 Å². The van der Waals surface area contributed by atoms with E-state index >= 15 is 0 Å². The van der Waals surface area contributed by atoms with E-state index in [2.05, 4.69) is 16.8 Å². The number of ketones is 1. The third-order valence-electron chi connectivity index (χ3n) is 6.22. The minimum Gasteiger partial charge on any atom is -0.507 e. The van der Waals surface area contributed by atoms with Gasteiger partial charge in [0, 0.05) is 44.1 Å². The highest BCUT2D eigenvalue weighted by Crippen LogP contribution is 2.39. The Morgan fingerprint density at radius 2 is 1.79 bits per heavy atom. The van der Waals surface area contributed by atoms with Crippen LogP contribution in [0.15, 0.2) is 54.4 Å². The van der Waals surface area contributed by atoms with E-state index in [4.69, 9.17) is 9.47 Å². The quantitative estimate of drug-likeness (QED) is 0.263. The van der Waals surface area contributed by atoms with Gasteiger partial charge in [-0.1, -0.05) is 13.3 Å². The summed E-state index contributed by atoms with van der Waals surface area (Å²) in [5.74, 6) is -0.767. The van der Waals surface area contributed by atoms with Crippen LogP contribution in [0.5, 0.6) is 5.75 Å². The fraction of sp³-hybridized carbons (Fsp3) is 0.423. The number of amides is 1. The Balaban J connectivity index is 1.63. The number of Topliss-reactive ketones (excluding diaryl/α,β-unsaturated/α-hetero) is 1. The number of rotatable bonds is 9. The van der Waals surface area contributed by atoms with Gasteiger partial charge in [-0.15, -0.1) is 0 Å². The smallest absolute Gasteiger partial charge is 0.295 e. The van der Waals surface area contributed by atoms with E-state index in [1.54, 1.807) is 53.7 Å². The molecule has 2 aliphatic heterocycles. The molecule has 3 heterocycles. The minimum absolute atomic E-state index is 0.0952. The van der Waals surface area contributed by atoms with E-state index in [9.17, 15) is 14.7 Å². The van der Waals surface area contributed by atoms with Gasteiger partial charge in [0.15, 0.2) is 0 Å². The van der Waals surface area contributed by atoms with E-state index in [0.29, 0.717) is 44.2 Å². The van der Waals surface area contributed by atoms with E-state index in [1.807, 2.05) is 0 Å². The molecule has 2 aromatic rings. The molecule has 1 aromatic heterocycles. The van der Waals surface area contributed by atoms with Crippen molar-refractivity contribution in [1.82, 2.24) is 14.8 Å². The van der Waals surface area contributed by atoms with Gasteiger partial charge in [-0.25, -0.2) is 0 Å². The molecule has 1 N–H and O–H groups in total. The zero-order chi connectivity index (χ0) is 23.9. The van der Waals surface area contributed by atoms with Crippen molar-refractivity contribution in [3.8, 4) is 5.75 Å². The van der Waals surface area contributed by atoms with Crippen LogP contribution in [0.1, 0.15) is 36.9 Å². The summed E-state index contributed by atoms with van der Waals surface area (Å²) in [5, 5.41) is 11.2. The number of carbonyl (C=O) groups excluding carboxylic acids is 2. The fourth-order valence-electron chi connectivity index (χ4n) is 4.28. The maximum absolute atomic E-state index is 13.1. The molecule has 1 atom stereocenters. The molecule has 1 amide bonds. The van der Waals surface area contributed by atoms with Crippen LogP contribution in [0.4, 0.5) is 0 Å². The number of carbonyl (C=O) groups is 2. The van der Waals surface area contributed by atoms with Crippen molar-refractivity contribution >= 4 is 17.4 Å². The van der Waals surface area contributed by atoms with E-state index in [-0.39, 0.29) is 11.3 Å². The van der Waals surface area contributed by atoms with Crippen molar-refractivity contribution in [3.05, 3.63) is 65.5 Å². The van der Waals surface area contributed by atoms with Gasteiger partial charge in [0.1, 0.15) is 11.5 Å². The Morgan fingerprint density at radius 3 is 2.47 bits per heavy atom. The summed E-state index contributed by atoms with van der Waals surface area (Å²) in [6.07, 6.45) is 5.25. The number of hydrogen-bond acceptors (Lipinski definition) is 7. The second kappa shape index (κ2) is 11.3. The summed E-state index contributed by atoms with van der Waals surface area (Å²) in [6.45, 7) is 6.61. The van der Waals surface area contributed by atoms with Crippen molar-refractivity contribution < 1.29 is 24.2 Å². The van der Waals surface area contributed by atoms with Crippen LogP contribution in [0.2, 0.25) is 0 Å². The second-order valence-electron chi connectivity index (χ2n) is 8.45. The minimum atomic E-state index is -0.676. The van der Waals surface area contributed by atoms with Crippen molar-refractivity contribution in [2.45, 2.75) is 25.8 Å². The number of morpholine rings is 1. The summed E-state index contributed by atoms with van der Waals surface area (Å²) in [4.78, 5) is 34.0. The third kappa shape index (κ3) is 5.29. The molecule has 0 aliphatic carbocycles. The van der Waals surface area contributed by atoms with Crippen molar-refractivity contribution in [2.75, 3.05) is 46.0 Å². The summed E-state index contributed by atoms with van der Waals surface area (Å²) >= 11 is 0. The standard InChI is InChI=1S/C26H31N3O5/c1-2-3-16-34-21-6-4-20(5-7-21)24(30)22-23(19-8-10-27-11-9-19)29(26(32)25(22)31)13-12-28-14-17-33-18-15-28/h4-11,23,30H,2-3,12-18H2,1H3. The van der Waals surface area contributed by atoms with E-state index in [1.165, 1.54) is 0 Å². The average Bonchev–Trinajstić information content (AvgIpc) is 3.13. The van der Waals surface area contributed by atoms with Crippen LogP contribution in [-0.4, -0.2) is 77.6 Å². The molecule has 180 valence electrons. The molecule has 1 aromatic carbocycles. The van der Waals surface area contributed by atoms with Gasteiger partial charge >= 0.3 is 0 Å². The maximum atomic E-state index is 13.1. The van der Waals surface area contributed by atoms with E-state index < -0.39 is 17.7 Å². The Kier molecular flexibility index (Phi) is 7.92. The molecule has 1 unspecified atom stereocenters. The molecule has 8 heteroatoms. The SMILES string of the molecule is CCCCOc1ccc(C(O)=C2C(=O)C(=O)N(CCN3CCOCC3)C2c2ccncc2)cc1. The lowest BCUT2D eigenvalue weighted by Gasteiger charge is -2.30. The van der Waals surface area contributed by atoms with Crippen LogP contribution >= 0.6 is 0 Å². The number of benzene rings is 1. The number of nitrogens with zero attached hydrogens (tertiary/aromatic N) is 3. The predicted octanol–water partition coefficient (Wildman–Crippen LogP) is 3.01. The van der Waals surface area contributed by atoms with Crippen molar-refractivity contribution in [2.24, 2.45) is 0 Å². The highest BCUT2D eigenvalue weighted by Gasteiger charge is 2.46. The summed E-state index contributed by atoms with van der Waals surface area (Å²) in [5.41, 5.74) is 1.29. The Hall–Kier alpha value is -3.23. The largest absolute Gasteiger partial charge is 0.507 e. The molecule has 0 spiro atoms. The van der Waals surface area contributed by atoms with Crippen LogP contribution in [0.3, 0.4) is 0 Å². The predicted molar refractivity (Wildman–Crippen MR) is 127 cm³/mol. The Bertz CT molecular complexity index is 1020. The lowest BCUT2D eigenvalue weighted by atomic mass is 9.96. The molecule has 8 nitrogen and oxygen atoms in total. The first-order valence-electron chi connectivity index (χ1n) is 11.8. The molecule has 0 radical (unpaired) electrons. The van der Waals surface area contributed by atoms with Crippen LogP contribution < -0.4 is 4.74 Å². The van der Waals surface area contributed by atoms with Gasteiger partial charge in [-0.2, -0.15) is 0 Å². The molecule has 2 fully saturated rings.